The van der Waals surface area contributed by atoms with E-state index >= 15 is 0 Å². The summed E-state index contributed by atoms with van der Waals surface area (Å²) in [6, 6.07) is -6.17. The molecular formula is C14H23N5O9S. The molecule has 0 saturated carbocycles. The van der Waals surface area contributed by atoms with Crippen LogP contribution in [0.15, 0.2) is 0 Å². The molecular weight excluding hydrogens is 414 g/mol. The number of amides is 4. The molecule has 10 N–H and O–H groups in total. The van der Waals surface area contributed by atoms with E-state index in [0.29, 0.717) is 0 Å². The molecule has 4 unspecified atom stereocenters. The molecule has 0 spiro atoms. The number of primary amides is 1. The Morgan fingerprint density at radius 3 is 1.72 bits per heavy atom. The number of nitrogens with two attached hydrogens (primary N) is 2. The fourth-order valence-electron chi connectivity index (χ4n) is 1.89. The zero-order valence-corrected chi connectivity index (χ0v) is 15.9. The van der Waals surface area contributed by atoms with E-state index in [1.165, 1.54) is 0 Å². The average Bonchev–Trinajstić information content (AvgIpc) is 2.61. The van der Waals surface area contributed by atoms with Crippen LogP contribution in [0, 0.1) is 0 Å². The highest BCUT2D eigenvalue weighted by molar-refractivity contribution is 7.80. The van der Waals surface area contributed by atoms with Gasteiger partial charge in [0.05, 0.1) is 25.5 Å². The summed E-state index contributed by atoms with van der Waals surface area (Å²) in [7, 11) is 0. The second-order valence-electron chi connectivity index (χ2n) is 5.76. The Balaban J connectivity index is 5.19. The van der Waals surface area contributed by atoms with Crippen LogP contribution in [0.25, 0.3) is 0 Å². The molecule has 0 saturated heterocycles. The number of aliphatic hydroxyl groups is 1. The summed E-state index contributed by atoms with van der Waals surface area (Å²) < 4.78 is 0. The Morgan fingerprint density at radius 1 is 0.828 bits per heavy atom. The van der Waals surface area contributed by atoms with Crippen molar-refractivity contribution in [3.63, 3.8) is 0 Å². The third kappa shape index (κ3) is 9.72. The van der Waals surface area contributed by atoms with Gasteiger partial charge < -0.3 is 42.7 Å². The number of carboxylic acids is 2. The number of carbonyl (C=O) groups excluding carboxylic acids is 4. The normalized spacial score (nSPS) is 14.6. The quantitative estimate of drug-likeness (QED) is 0.124. The highest BCUT2D eigenvalue weighted by Crippen LogP contribution is 1.98. The van der Waals surface area contributed by atoms with Gasteiger partial charge in [0.1, 0.15) is 18.1 Å². The Labute approximate surface area is 169 Å². The van der Waals surface area contributed by atoms with Crippen LogP contribution >= 0.6 is 12.6 Å². The number of hydrogen-bond acceptors (Lipinski definition) is 9. The van der Waals surface area contributed by atoms with Crippen LogP contribution < -0.4 is 27.4 Å². The average molecular weight is 437 g/mol. The maximum absolute atomic E-state index is 12.2. The molecule has 0 bridgehead atoms. The van der Waals surface area contributed by atoms with E-state index in [2.05, 4.69) is 17.9 Å². The van der Waals surface area contributed by atoms with Crippen molar-refractivity contribution in [1.82, 2.24) is 16.0 Å². The molecule has 4 atom stereocenters. The van der Waals surface area contributed by atoms with Crippen molar-refractivity contribution < 1.29 is 44.1 Å². The Bertz CT molecular complexity index is 659. The van der Waals surface area contributed by atoms with Crippen LogP contribution in [-0.4, -0.2) is 87.4 Å². The first-order valence-electron chi connectivity index (χ1n) is 8.04. The highest BCUT2D eigenvalue weighted by Gasteiger charge is 2.30. The molecule has 0 heterocycles. The van der Waals surface area contributed by atoms with Crippen molar-refractivity contribution in [3.05, 3.63) is 0 Å². The lowest BCUT2D eigenvalue weighted by Crippen LogP contribution is -2.58. The van der Waals surface area contributed by atoms with Crippen LogP contribution in [0.5, 0.6) is 0 Å². The fraction of sp³-hybridized carbons (Fsp3) is 0.571. The molecule has 0 fully saturated rings. The molecule has 0 aromatic rings. The van der Waals surface area contributed by atoms with Crippen LogP contribution in [0.3, 0.4) is 0 Å². The molecule has 0 aromatic carbocycles. The first kappa shape index (κ1) is 26.1. The Kier molecular flexibility index (Phi) is 11.3. The van der Waals surface area contributed by atoms with Crippen LogP contribution in [-0.2, 0) is 28.8 Å². The largest absolute Gasteiger partial charge is 0.481 e. The number of carboxylic acid groups (broad SMARTS) is 2. The maximum Gasteiger partial charge on any atom is 0.327 e. The summed E-state index contributed by atoms with van der Waals surface area (Å²) in [5.74, 6) is -7.31. The lowest BCUT2D eigenvalue weighted by Gasteiger charge is -2.23. The van der Waals surface area contributed by atoms with Crippen LogP contribution in [0.2, 0.25) is 0 Å². The third-order valence-electron chi connectivity index (χ3n) is 3.38. The second kappa shape index (κ2) is 12.5. The van der Waals surface area contributed by atoms with Gasteiger partial charge in [-0.05, 0) is 0 Å². The number of nitrogens with one attached hydrogen (secondary N) is 3. The van der Waals surface area contributed by atoms with Gasteiger partial charge in [-0.3, -0.25) is 24.0 Å². The maximum atomic E-state index is 12.2. The molecule has 14 nitrogen and oxygen atoms in total. The van der Waals surface area contributed by atoms with E-state index in [1.807, 2.05) is 10.6 Å². The van der Waals surface area contributed by atoms with Gasteiger partial charge in [-0.15, -0.1) is 0 Å². The summed E-state index contributed by atoms with van der Waals surface area (Å²) >= 11 is 3.76. The topological polar surface area (TPSA) is 251 Å². The molecule has 0 aliphatic rings. The summed E-state index contributed by atoms with van der Waals surface area (Å²) in [6.45, 7) is -0.948. The summed E-state index contributed by atoms with van der Waals surface area (Å²) in [5, 5.41) is 32.9. The van der Waals surface area contributed by atoms with Crippen molar-refractivity contribution in [2.24, 2.45) is 11.5 Å². The zero-order chi connectivity index (χ0) is 22.7. The number of aliphatic hydroxyl groups excluding tert-OH is 1. The molecule has 0 aliphatic heterocycles. The van der Waals surface area contributed by atoms with Crippen molar-refractivity contribution in [3.8, 4) is 0 Å². The minimum absolute atomic E-state index is 0.283. The second-order valence-corrected chi connectivity index (χ2v) is 6.13. The van der Waals surface area contributed by atoms with Gasteiger partial charge in [0.25, 0.3) is 0 Å². The number of hydrogen-bond donors (Lipinski definition) is 9. The van der Waals surface area contributed by atoms with Gasteiger partial charge in [0, 0.05) is 5.75 Å². The third-order valence-corrected chi connectivity index (χ3v) is 3.75. The molecule has 0 aliphatic carbocycles. The van der Waals surface area contributed by atoms with E-state index in [9.17, 15) is 33.9 Å². The first-order chi connectivity index (χ1) is 13.4. The standard InChI is InChI=1S/C14H23N5O9S/c15-5(1-10(22)23)11(24)18-7(3-20)13(26)17-6(2-9(16)21)12(25)19-8(4-29)14(27)28/h5-8,20,29H,1-4,15H2,(H2,16,21)(H,17,26)(H,18,24)(H,19,25)(H,22,23)(H,27,28). The molecule has 29 heavy (non-hydrogen) atoms. The zero-order valence-electron chi connectivity index (χ0n) is 15.0. The van der Waals surface area contributed by atoms with E-state index in [1.54, 1.807) is 0 Å². The lowest BCUT2D eigenvalue weighted by atomic mass is 10.1. The predicted octanol–water partition coefficient (Wildman–Crippen LogP) is -4.88. The Morgan fingerprint density at radius 2 is 1.31 bits per heavy atom. The van der Waals surface area contributed by atoms with Crippen LogP contribution in [0.1, 0.15) is 12.8 Å². The van der Waals surface area contributed by atoms with E-state index in [-0.39, 0.29) is 5.75 Å². The minimum atomic E-state index is -1.63. The molecule has 164 valence electrons. The van der Waals surface area contributed by atoms with Gasteiger partial charge in [-0.2, -0.15) is 12.6 Å². The molecule has 0 aromatic heterocycles. The van der Waals surface area contributed by atoms with Crippen molar-refractivity contribution in [2.45, 2.75) is 37.0 Å². The minimum Gasteiger partial charge on any atom is -0.481 e. The SMILES string of the molecule is NC(=O)CC(NC(=O)C(CO)NC(=O)C(N)CC(=O)O)C(=O)NC(CS)C(=O)O. The van der Waals surface area contributed by atoms with Crippen molar-refractivity contribution >= 4 is 48.2 Å². The summed E-state index contributed by atoms with van der Waals surface area (Å²) in [6.07, 6.45) is -1.44. The van der Waals surface area contributed by atoms with E-state index in [4.69, 9.17) is 21.7 Å². The first-order valence-corrected chi connectivity index (χ1v) is 8.67. The number of aliphatic carboxylic acids is 2. The smallest absolute Gasteiger partial charge is 0.327 e. The van der Waals surface area contributed by atoms with E-state index in [0.717, 1.165) is 0 Å². The van der Waals surface area contributed by atoms with Crippen molar-refractivity contribution in [2.75, 3.05) is 12.4 Å². The number of rotatable bonds is 13. The van der Waals surface area contributed by atoms with Gasteiger partial charge in [0.2, 0.25) is 23.6 Å². The summed E-state index contributed by atoms with van der Waals surface area (Å²) in [5.41, 5.74) is 10.4. The number of carbonyl (C=O) groups is 6. The monoisotopic (exact) mass is 437 g/mol. The van der Waals surface area contributed by atoms with Crippen molar-refractivity contribution in [1.29, 1.82) is 0 Å². The van der Waals surface area contributed by atoms with Gasteiger partial charge in [-0.1, -0.05) is 0 Å². The van der Waals surface area contributed by atoms with Gasteiger partial charge in [-0.25, -0.2) is 4.79 Å². The molecule has 15 heteroatoms. The number of thiol groups is 1. The van der Waals surface area contributed by atoms with Crippen LogP contribution in [0.4, 0.5) is 0 Å². The highest BCUT2D eigenvalue weighted by atomic mass is 32.1. The lowest BCUT2D eigenvalue weighted by molar-refractivity contribution is -0.141. The summed E-state index contributed by atoms with van der Waals surface area (Å²) in [4.78, 5) is 68.9. The predicted molar refractivity (Wildman–Crippen MR) is 98.4 cm³/mol. The fourth-order valence-corrected chi connectivity index (χ4v) is 2.14. The molecule has 4 amide bonds. The van der Waals surface area contributed by atoms with E-state index < -0.39 is 79.2 Å². The molecule has 0 radical (unpaired) electrons. The molecule has 0 rings (SSSR count). The van der Waals surface area contributed by atoms with Gasteiger partial charge in [0.15, 0.2) is 0 Å². The van der Waals surface area contributed by atoms with Gasteiger partial charge >= 0.3 is 11.9 Å². The Hall–Kier alpha value is -2.91.